The van der Waals surface area contributed by atoms with Crippen LogP contribution in [0.5, 0.6) is 0 Å². The van der Waals surface area contributed by atoms with Crippen LogP contribution < -0.4 is 0 Å². The molecule has 0 saturated carbocycles. The first kappa shape index (κ1) is 14.2. The number of hydrogen-bond donors (Lipinski definition) is 0. The highest BCUT2D eigenvalue weighted by Gasteiger charge is 2.17. The van der Waals surface area contributed by atoms with Crippen LogP contribution in [0.2, 0.25) is 0 Å². The molecule has 21 heavy (non-hydrogen) atoms. The highest BCUT2D eigenvalue weighted by molar-refractivity contribution is 7.98. The molecule has 2 aromatic heterocycles. The van der Waals surface area contributed by atoms with Crippen LogP contribution in [0.4, 0.5) is 4.39 Å². The Kier molecular flexibility index (Phi) is 3.98. The fourth-order valence-electron chi connectivity index (χ4n) is 2.00. The standard InChI is InChI=1S/C15H12FN3S2/c1-9-18-13(10-5-3-4-6-11(10)16)14(21-9)12-7-8-17-15(19-12)20-2/h3-8H,1-2H3. The van der Waals surface area contributed by atoms with Crippen molar-refractivity contribution in [2.75, 3.05) is 6.26 Å². The third kappa shape index (κ3) is 2.82. The van der Waals surface area contributed by atoms with Gasteiger partial charge in [0, 0.05) is 11.8 Å². The molecule has 6 heteroatoms. The van der Waals surface area contributed by atoms with Crippen molar-refractivity contribution in [3.05, 3.63) is 47.4 Å². The van der Waals surface area contributed by atoms with Gasteiger partial charge in [0.25, 0.3) is 0 Å². The SMILES string of the molecule is CSc1nccc(-c2sc(C)nc2-c2ccccc2F)n1. The van der Waals surface area contributed by atoms with Gasteiger partial charge in [-0.2, -0.15) is 0 Å². The molecule has 106 valence electrons. The maximum absolute atomic E-state index is 14.1. The average Bonchev–Trinajstić information content (AvgIpc) is 2.89. The number of aromatic nitrogens is 3. The molecule has 3 rings (SSSR count). The normalized spacial score (nSPS) is 10.8. The molecule has 0 bridgehead atoms. The minimum Gasteiger partial charge on any atom is -0.241 e. The lowest BCUT2D eigenvalue weighted by Crippen LogP contribution is -1.91. The van der Waals surface area contributed by atoms with Gasteiger partial charge in [-0.05, 0) is 31.4 Å². The number of thioether (sulfide) groups is 1. The predicted octanol–water partition coefficient (Wildman–Crippen LogP) is 4.44. The van der Waals surface area contributed by atoms with Gasteiger partial charge in [0.05, 0.1) is 21.3 Å². The van der Waals surface area contributed by atoms with E-state index < -0.39 is 0 Å². The second-order valence-corrected chi connectivity index (χ2v) is 6.30. The minimum absolute atomic E-state index is 0.275. The first-order chi connectivity index (χ1) is 10.2. The Balaban J connectivity index is 2.18. The van der Waals surface area contributed by atoms with Crippen molar-refractivity contribution in [1.82, 2.24) is 15.0 Å². The van der Waals surface area contributed by atoms with Crippen molar-refractivity contribution in [3.8, 4) is 21.8 Å². The molecule has 3 aromatic rings. The van der Waals surface area contributed by atoms with Crippen LogP contribution in [-0.4, -0.2) is 21.2 Å². The van der Waals surface area contributed by atoms with Gasteiger partial charge in [-0.3, -0.25) is 0 Å². The van der Waals surface area contributed by atoms with Crippen LogP contribution in [0.1, 0.15) is 5.01 Å². The van der Waals surface area contributed by atoms with Crippen LogP contribution in [0.3, 0.4) is 0 Å². The number of hydrogen-bond acceptors (Lipinski definition) is 5. The van der Waals surface area contributed by atoms with Gasteiger partial charge in [-0.15, -0.1) is 11.3 Å². The van der Waals surface area contributed by atoms with E-state index in [1.54, 1.807) is 18.3 Å². The topological polar surface area (TPSA) is 38.7 Å². The molecule has 0 radical (unpaired) electrons. The third-order valence-corrected chi connectivity index (χ3v) is 4.47. The summed E-state index contributed by atoms with van der Waals surface area (Å²) in [7, 11) is 0. The molecule has 0 aliphatic carbocycles. The molecule has 0 saturated heterocycles. The molecular formula is C15H12FN3S2. The van der Waals surface area contributed by atoms with Gasteiger partial charge < -0.3 is 0 Å². The molecular weight excluding hydrogens is 305 g/mol. The maximum Gasteiger partial charge on any atom is 0.187 e. The zero-order valence-corrected chi connectivity index (χ0v) is 13.1. The molecule has 0 amide bonds. The zero-order valence-electron chi connectivity index (χ0n) is 11.5. The van der Waals surface area contributed by atoms with E-state index in [9.17, 15) is 4.39 Å². The lowest BCUT2D eigenvalue weighted by atomic mass is 10.1. The van der Waals surface area contributed by atoms with E-state index in [0.29, 0.717) is 16.4 Å². The Morgan fingerprint density at radius 1 is 1.14 bits per heavy atom. The van der Waals surface area contributed by atoms with Crippen molar-refractivity contribution >= 4 is 23.1 Å². The zero-order chi connectivity index (χ0) is 14.8. The summed E-state index contributed by atoms with van der Waals surface area (Å²) in [5.74, 6) is -0.275. The number of halogens is 1. The summed E-state index contributed by atoms with van der Waals surface area (Å²) in [4.78, 5) is 14.0. The largest absolute Gasteiger partial charge is 0.241 e. The van der Waals surface area contributed by atoms with Gasteiger partial charge in [0.2, 0.25) is 0 Å². The van der Waals surface area contributed by atoms with Crippen LogP contribution in [0, 0.1) is 12.7 Å². The summed E-state index contributed by atoms with van der Waals surface area (Å²) in [6, 6.07) is 8.50. The van der Waals surface area contributed by atoms with Crippen molar-refractivity contribution in [3.63, 3.8) is 0 Å². The molecule has 0 fully saturated rings. The Morgan fingerprint density at radius 2 is 1.95 bits per heavy atom. The van der Waals surface area contributed by atoms with Gasteiger partial charge in [0.15, 0.2) is 5.16 Å². The van der Waals surface area contributed by atoms with E-state index in [-0.39, 0.29) is 5.82 Å². The van der Waals surface area contributed by atoms with Gasteiger partial charge in [-0.25, -0.2) is 19.3 Å². The van der Waals surface area contributed by atoms with Crippen molar-refractivity contribution in [2.45, 2.75) is 12.1 Å². The van der Waals surface area contributed by atoms with E-state index in [4.69, 9.17) is 0 Å². The summed E-state index contributed by atoms with van der Waals surface area (Å²) in [6.45, 7) is 1.91. The van der Waals surface area contributed by atoms with Crippen LogP contribution in [0.25, 0.3) is 21.8 Å². The number of rotatable bonds is 3. The Hall–Kier alpha value is -1.79. The fraction of sp³-hybridized carbons (Fsp3) is 0.133. The molecule has 0 N–H and O–H groups in total. The number of thiazole rings is 1. The van der Waals surface area contributed by atoms with Crippen molar-refractivity contribution in [2.24, 2.45) is 0 Å². The van der Waals surface area contributed by atoms with Crippen molar-refractivity contribution in [1.29, 1.82) is 0 Å². The molecule has 0 aliphatic rings. The van der Waals surface area contributed by atoms with Gasteiger partial charge >= 0.3 is 0 Å². The molecule has 0 atom stereocenters. The van der Waals surface area contributed by atoms with E-state index in [2.05, 4.69) is 15.0 Å². The molecule has 2 heterocycles. The first-order valence-electron chi connectivity index (χ1n) is 6.29. The molecule has 0 spiro atoms. The highest BCUT2D eigenvalue weighted by atomic mass is 32.2. The van der Waals surface area contributed by atoms with E-state index in [1.807, 2.05) is 25.3 Å². The lowest BCUT2D eigenvalue weighted by molar-refractivity contribution is 0.631. The molecule has 3 nitrogen and oxygen atoms in total. The maximum atomic E-state index is 14.1. The quantitative estimate of drug-likeness (QED) is 0.529. The monoisotopic (exact) mass is 317 g/mol. The predicted molar refractivity (Wildman–Crippen MR) is 85.1 cm³/mol. The minimum atomic E-state index is -0.275. The van der Waals surface area contributed by atoms with Crippen LogP contribution in [-0.2, 0) is 0 Å². The second kappa shape index (κ2) is 5.91. The Labute approximate surface area is 130 Å². The number of aryl methyl sites for hydroxylation is 1. The van der Waals surface area contributed by atoms with Crippen LogP contribution in [0.15, 0.2) is 41.7 Å². The van der Waals surface area contributed by atoms with Gasteiger partial charge in [-0.1, -0.05) is 23.9 Å². The van der Waals surface area contributed by atoms with Crippen molar-refractivity contribution < 1.29 is 4.39 Å². The van der Waals surface area contributed by atoms with E-state index >= 15 is 0 Å². The Morgan fingerprint density at radius 3 is 2.71 bits per heavy atom. The third-order valence-electron chi connectivity index (χ3n) is 2.91. The van der Waals surface area contributed by atoms with Gasteiger partial charge in [0.1, 0.15) is 5.82 Å². The summed E-state index contributed by atoms with van der Waals surface area (Å²) >= 11 is 2.99. The summed E-state index contributed by atoms with van der Waals surface area (Å²) < 4.78 is 14.1. The lowest BCUT2D eigenvalue weighted by Gasteiger charge is -2.04. The molecule has 0 aliphatic heterocycles. The van der Waals surface area contributed by atoms with E-state index in [1.165, 1.54) is 29.2 Å². The second-order valence-electron chi connectivity index (χ2n) is 4.32. The number of benzene rings is 1. The number of nitrogens with zero attached hydrogens (tertiary/aromatic N) is 3. The van der Waals surface area contributed by atoms with E-state index in [0.717, 1.165) is 15.6 Å². The first-order valence-corrected chi connectivity index (χ1v) is 8.33. The average molecular weight is 317 g/mol. The smallest absolute Gasteiger partial charge is 0.187 e. The summed E-state index contributed by atoms with van der Waals surface area (Å²) in [5, 5.41) is 1.57. The van der Waals surface area contributed by atoms with Crippen LogP contribution >= 0.6 is 23.1 Å². The highest BCUT2D eigenvalue weighted by Crippen LogP contribution is 2.36. The fourth-order valence-corrected chi connectivity index (χ4v) is 3.26. The summed E-state index contributed by atoms with van der Waals surface area (Å²) in [5.41, 5.74) is 1.92. The molecule has 0 unspecified atom stereocenters. The summed E-state index contributed by atoms with van der Waals surface area (Å²) in [6.07, 6.45) is 3.64. The Bertz CT molecular complexity index is 786. The molecule has 1 aromatic carbocycles.